The van der Waals surface area contributed by atoms with Crippen LogP contribution >= 0.6 is 0 Å². The van der Waals surface area contributed by atoms with Gasteiger partial charge in [-0.25, -0.2) is 0 Å². The SMILES string of the molecule is CC1CCCN(C(=O)[C@H](C)N)CC1. The maximum atomic E-state index is 11.6. The van der Waals surface area contributed by atoms with E-state index in [1.165, 1.54) is 6.42 Å². The van der Waals surface area contributed by atoms with Crippen LogP contribution in [0.2, 0.25) is 0 Å². The van der Waals surface area contributed by atoms with Crippen LogP contribution in [0.5, 0.6) is 0 Å². The quantitative estimate of drug-likeness (QED) is 0.660. The lowest BCUT2D eigenvalue weighted by molar-refractivity contribution is -0.132. The van der Waals surface area contributed by atoms with Crippen LogP contribution in [0.1, 0.15) is 33.1 Å². The first-order chi connectivity index (χ1) is 6.11. The minimum Gasteiger partial charge on any atom is -0.341 e. The highest BCUT2D eigenvalue weighted by molar-refractivity contribution is 5.81. The summed E-state index contributed by atoms with van der Waals surface area (Å²) in [4.78, 5) is 13.5. The van der Waals surface area contributed by atoms with Gasteiger partial charge in [0.25, 0.3) is 0 Å². The second-order valence-corrected chi connectivity index (χ2v) is 4.15. The average Bonchev–Trinajstić information content (AvgIpc) is 2.28. The van der Waals surface area contributed by atoms with Crippen molar-refractivity contribution in [3.8, 4) is 0 Å². The van der Waals surface area contributed by atoms with Crippen molar-refractivity contribution in [1.29, 1.82) is 0 Å². The summed E-state index contributed by atoms with van der Waals surface area (Å²) < 4.78 is 0. The zero-order valence-corrected chi connectivity index (χ0v) is 8.62. The van der Waals surface area contributed by atoms with Crippen molar-refractivity contribution in [2.24, 2.45) is 11.7 Å². The Morgan fingerprint density at radius 2 is 2.15 bits per heavy atom. The Bertz CT molecular complexity index is 180. The molecule has 13 heavy (non-hydrogen) atoms. The number of nitrogens with zero attached hydrogens (tertiary/aromatic N) is 1. The number of carbonyl (C=O) groups excluding carboxylic acids is 1. The molecule has 0 aromatic carbocycles. The number of rotatable bonds is 1. The number of hydrogen-bond donors (Lipinski definition) is 1. The van der Waals surface area contributed by atoms with Crippen LogP contribution in [0.4, 0.5) is 0 Å². The van der Waals surface area contributed by atoms with Gasteiger partial charge in [0, 0.05) is 13.1 Å². The van der Waals surface area contributed by atoms with E-state index in [4.69, 9.17) is 5.73 Å². The molecule has 1 rings (SSSR count). The van der Waals surface area contributed by atoms with Crippen LogP contribution in [-0.4, -0.2) is 29.9 Å². The van der Waals surface area contributed by atoms with Crippen molar-refractivity contribution < 1.29 is 4.79 Å². The van der Waals surface area contributed by atoms with Gasteiger partial charge in [0.15, 0.2) is 0 Å². The third-order valence-corrected chi connectivity index (χ3v) is 2.72. The fourth-order valence-electron chi connectivity index (χ4n) is 1.77. The van der Waals surface area contributed by atoms with Crippen LogP contribution in [-0.2, 0) is 4.79 Å². The fraction of sp³-hybridized carbons (Fsp3) is 0.900. The van der Waals surface area contributed by atoms with Gasteiger partial charge in [-0.15, -0.1) is 0 Å². The normalized spacial score (nSPS) is 26.7. The zero-order chi connectivity index (χ0) is 9.84. The molecule has 0 aliphatic carbocycles. The van der Waals surface area contributed by atoms with Gasteiger partial charge in [0.05, 0.1) is 6.04 Å². The Kier molecular flexibility index (Phi) is 3.72. The first kappa shape index (κ1) is 10.5. The maximum Gasteiger partial charge on any atom is 0.239 e. The molecule has 0 aromatic heterocycles. The molecule has 0 aromatic rings. The highest BCUT2D eigenvalue weighted by Gasteiger charge is 2.20. The molecule has 1 amide bonds. The number of likely N-dealkylation sites (tertiary alicyclic amines) is 1. The van der Waals surface area contributed by atoms with E-state index in [2.05, 4.69) is 6.92 Å². The topological polar surface area (TPSA) is 46.3 Å². The van der Waals surface area contributed by atoms with Crippen LogP contribution < -0.4 is 5.73 Å². The zero-order valence-electron chi connectivity index (χ0n) is 8.62. The summed E-state index contributed by atoms with van der Waals surface area (Å²) in [5.74, 6) is 0.861. The van der Waals surface area contributed by atoms with E-state index in [1.807, 2.05) is 4.90 Å². The van der Waals surface area contributed by atoms with Gasteiger partial charge in [-0.05, 0) is 32.1 Å². The summed E-state index contributed by atoms with van der Waals surface area (Å²) in [5, 5.41) is 0. The van der Waals surface area contributed by atoms with E-state index in [0.717, 1.165) is 31.8 Å². The molecule has 0 saturated carbocycles. The minimum atomic E-state index is -0.339. The molecule has 2 atom stereocenters. The van der Waals surface area contributed by atoms with E-state index >= 15 is 0 Å². The van der Waals surface area contributed by atoms with E-state index in [9.17, 15) is 4.79 Å². The first-order valence-electron chi connectivity index (χ1n) is 5.15. The van der Waals surface area contributed by atoms with Crippen LogP contribution in [0.15, 0.2) is 0 Å². The van der Waals surface area contributed by atoms with Gasteiger partial charge < -0.3 is 10.6 Å². The third-order valence-electron chi connectivity index (χ3n) is 2.72. The van der Waals surface area contributed by atoms with Crippen molar-refractivity contribution >= 4 is 5.91 Å². The lowest BCUT2D eigenvalue weighted by Crippen LogP contribution is -2.42. The number of amides is 1. The lowest BCUT2D eigenvalue weighted by Gasteiger charge is -2.22. The van der Waals surface area contributed by atoms with Gasteiger partial charge in [0.2, 0.25) is 5.91 Å². The molecular formula is C10H20N2O. The predicted octanol–water partition coefficient (Wildman–Crippen LogP) is 0.982. The number of nitrogens with two attached hydrogens (primary N) is 1. The van der Waals surface area contributed by atoms with Gasteiger partial charge in [0.1, 0.15) is 0 Å². The van der Waals surface area contributed by atoms with Crippen molar-refractivity contribution in [1.82, 2.24) is 4.90 Å². The van der Waals surface area contributed by atoms with Gasteiger partial charge in [-0.3, -0.25) is 4.79 Å². The Hall–Kier alpha value is -0.570. The number of carbonyl (C=O) groups is 1. The second kappa shape index (κ2) is 4.61. The lowest BCUT2D eigenvalue weighted by atomic mass is 10.0. The molecule has 0 radical (unpaired) electrons. The summed E-state index contributed by atoms with van der Waals surface area (Å²) in [6.07, 6.45) is 3.49. The van der Waals surface area contributed by atoms with Crippen LogP contribution in [0.25, 0.3) is 0 Å². The van der Waals surface area contributed by atoms with Crippen molar-refractivity contribution in [2.45, 2.75) is 39.2 Å². The maximum absolute atomic E-state index is 11.6. The minimum absolute atomic E-state index is 0.106. The van der Waals surface area contributed by atoms with Crippen LogP contribution in [0, 0.1) is 5.92 Å². The summed E-state index contributed by atoms with van der Waals surface area (Å²) in [6, 6.07) is -0.339. The van der Waals surface area contributed by atoms with Crippen molar-refractivity contribution in [2.75, 3.05) is 13.1 Å². The summed E-state index contributed by atoms with van der Waals surface area (Å²) in [5.41, 5.74) is 5.56. The molecule has 2 N–H and O–H groups in total. The molecule has 1 saturated heterocycles. The molecule has 1 aliphatic heterocycles. The smallest absolute Gasteiger partial charge is 0.239 e. The molecule has 1 fully saturated rings. The molecule has 1 heterocycles. The molecule has 1 aliphatic rings. The summed E-state index contributed by atoms with van der Waals surface area (Å²) in [6.45, 7) is 5.79. The van der Waals surface area contributed by atoms with Gasteiger partial charge in [-0.2, -0.15) is 0 Å². The largest absolute Gasteiger partial charge is 0.341 e. The van der Waals surface area contributed by atoms with Crippen LogP contribution in [0.3, 0.4) is 0 Å². The second-order valence-electron chi connectivity index (χ2n) is 4.15. The highest BCUT2D eigenvalue weighted by Crippen LogP contribution is 2.16. The molecule has 76 valence electrons. The Balaban J connectivity index is 2.46. The highest BCUT2D eigenvalue weighted by atomic mass is 16.2. The molecule has 3 heteroatoms. The predicted molar refractivity (Wildman–Crippen MR) is 53.2 cm³/mol. The molecular weight excluding hydrogens is 164 g/mol. The monoisotopic (exact) mass is 184 g/mol. The summed E-state index contributed by atoms with van der Waals surface area (Å²) >= 11 is 0. The Morgan fingerprint density at radius 1 is 1.46 bits per heavy atom. The van der Waals surface area contributed by atoms with E-state index < -0.39 is 0 Å². The standard InChI is InChI=1S/C10H20N2O/c1-8-4-3-6-12(7-5-8)10(13)9(2)11/h8-9H,3-7,11H2,1-2H3/t8?,9-/m0/s1. The number of hydrogen-bond acceptors (Lipinski definition) is 2. The van der Waals surface area contributed by atoms with Gasteiger partial charge in [-0.1, -0.05) is 6.92 Å². The molecule has 3 nitrogen and oxygen atoms in total. The van der Waals surface area contributed by atoms with E-state index in [1.54, 1.807) is 6.92 Å². The summed E-state index contributed by atoms with van der Waals surface area (Å²) in [7, 11) is 0. The van der Waals surface area contributed by atoms with Gasteiger partial charge >= 0.3 is 0 Å². The Labute approximate surface area is 80.3 Å². The van der Waals surface area contributed by atoms with Crippen molar-refractivity contribution in [3.05, 3.63) is 0 Å². The molecule has 0 bridgehead atoms. The molecule has 0 spiro atoms. The third kappa shape index (κ3) is 2.99. The average molecular weight is 184 g/mol. The molecule has 1 unspecified atom stereocenters. The van der Waals surface area contributed by atoms with E-state index in [-0.39, 0.29) is 11.9 Å². The van der Waals surface area contributed by atoms with E-state index in [0.29, 0.717) is 0 Å². The Morgan fingerprint density at radius 3 is 2.77 bits per heavy atom. The first-order valence-corrected chi connectivity index (χ1v) is 5.15. The fourth-order valence-corrected chi connectivity index (χ4v) is 1.77. The van der Waals surface area contributed by atoms with Crippen molar-refractivity contribution in [3.63, 3.8) is 0 Å².